The molecule has 0 saturated carbocycles. The first kappa shape index (κ1) is 15.4. The summed E-state index contributed by atoms with van der Waals surface area (Å²) in [6.07, 6.45) is 3.05. The predicted octanol–water partition coefficient (Wildman–Crippen LogP) is 3.33. The molecule has 0 aliphatic rings. The number of rotatable bonds is 6. The molecule has 0 aliphatic heterocycles. The van der Waals surface area contributed by atoms with E-state index in [1.54, 1.807) is 37.1 Å². The minimum atomic E-state index is -0.0494. The molecule has 0 fully saturated rings. The van der Waals surface area contributed by atoms with Gasteiger partial charge in [0, 0.05) is 17.4 Å². The van der Waals surface area contributed by atoms with E-state index in [-0.39, 0.29) is 5.91 Å². The molecule has 1 rings (SSSR count). The van der Waals surface area contributed by atoms with Gasteiger partial charge in [-0.1, -0.05) is 6.92 Å². The summed E-state index contributed by atoms with van der Waals surface area (Å²) in [6.45, 7) is 2.85. The van der Waals surface area contributed by atoms with Gasteiger partial charge in [-0.05, 0) is 46.8 Å². The van der Waals surface area contributed by atoms with Crippen molar-refractivity contribution in [1.82, 2.24) is 5.32 Å². The van der Waals surface area contributed by atoms with Crippen LogP contribution in [0.3, 0.4) is 0 Å². The smallest absolute Gasteiger partial charge is 0.251 e. The van der Waals surface area contributed by atoms with Crippen molar-refractivity contribution in [3.63, 3.8) is 0 Å². The van der Waals surface area contributed by atoms with Crippen LogP contribution in [0.2, 0.25) is 0 Å². The Bertz CT molecular complexity index is 412. The lowest BCUT2D eigenvalue weighted by atomic mass is 10.2. The van der Waals surface area contributed by atoms with Gasteiger partial charge < -0.3 is 10.1 Å². The number of carbonyl (C=O) groups is 1. The number of nitrogens with one attached hydrogen (secondary N) is 1. The molecule has 0 heterocycles. The molecule has 1 unspecified atom stereocenters. The van der Waals surface area contributed by atoms with Gasteiger partial charge in [0.15, 0.2) is 0 Å². The number of benzene rings is 1. The molecule has 0 spiro atoms. The van der Waals surface area contributed by atoms with Crippen LogP contribution >= 0.6 is 27.7 Å². The summed E-state index contributed by atoms with van der Waals surface area (Å²) in [5, 5.41) is 3.48. The van der Waals surface area contributed by atoms with E-state index in [1.807, 2.05) is 0 Å². The summed E-state index contributed by atoms with van der Waals surface area (Å²) in [5.41, 5.74) is 0.638. The molecule has 0 radical (unpaired) electrons. The molecule has 3 nitrogen and oxygen atoms in total. The average molecular weight is 332 g/mol. The Morgan fingerprint density at radius 1 is 1.56 bits per heavy atom. The van der Waals surface area contributed by atoms with E-state index in [1.165, 1.54) is 0 Å². The molecule has 0 aromatic heterocycles. The van der Waals surface area contributed by atoms with E-state index < -0.39 is 0 Å². The Balaban J connectivity index is 2.54. The number of halogens is 1. The summed E-state index contributed by atoms with van der Waals surface area (Å²) in [7, 11) is 1.60. The summed E-state index contributed by atoms with van der Waals surface area (Å²) >= 11 is 5.17. The average Bonchev–Trinajstić information content (AvgIpc) is 2.38. The van der Waals surface area contributed by atoms with Crippen LogP contribution in [0.15, 0.2) is 22.7 Å². The van der Waals surface area contributed by atoms with Crippen molar-refractivity contribution in [3.05, 3.63) is 28.2 Å². The third-order valence-electron chi connectivity index (χ3n) is 2.65. The zero-order chi connectivity index (χ0) is 13.5. The zero-order valence-electron chi connectivity index (χ0n) is 10.8. The van der Waals surface area contributed by atoms with E-state index in [0.29, 0.717) is 17.4 Å². The van der Waals surface area contributed by atoms with Gasteiger partial charge in [0.25, 0.3) is 5.91 Å². The summed E-state index contributed by atoms with van der Waals surface area (Å²) in [5.74, 6) is 0.675. The van der Waals surface area contributed by atoms with Crippen LogP contribution in [0.25, 0.3) is 0 Å². The molecule has 5 heteroatoms. The summed E-state index contributed by atoms with van der Waals surface area (Å²) in [6, 6.07) is 5.31. The maximum atomic E-state index is 11.9. The highest BCUT2D eigenvalue weighted by atomic mass is 79.9. The topological polar surface area (TPSA) is 38.3 Å². The molecular formula is C13H18BrNO2S. The van der Waals surface area contributed by atoms with Crippen molar-refractivity contribution in [1.29, 1.82) is 0 Å². The molecule has 1 atom stereocenters. The molecule has 18 heavy (non-hydrogen) atoms. The summed E-state index contributed by atoms with van der Waals surface area (Å²) in [4.78, 5) is 11.9. The van der Waals surface area contributed by atoms with Crippen LogP contribution in [-0.4, -0.2) is 31.1 Å². The quantitative estimate of drug-likeness (QED) is 0.868. The molecule has 0 bridgehead atoms. The van der Waals surface area contributed by atoms with E-state index in [2.05, 4.69) is 34.4 Å². The second-order valence-electron chi connectivity index (χ2n) is 3.94. The van der Waals surface area contributed by atoms with E-state index in [9.17, 15) is 4.79 Å². The maximum Gasteiger partial charge on any atom is 0.251 e. The van der Waals surface area contributed by atoms with Crippen molar-refractivity contribution in [3.8, 4) is 5.75 Å². The second-order valence-corrected chi connectivity index (χ2v) is 6.07. The van der Waals surface area contributed by atoms with Gasteiger partial charge >= 0.3 is 0 Å². The number of ether oxygens (including phenoxy) is 1. The zero-order valence-corrected chi connectivity index (χ0v) is 13.2. The number of carbonyl (C=O) groups excluding carboxylic acids is 1. The van der Waals surface area contributed by atoms with Gasteiger partial charge in [-0.15, -0.1) is 0 Å². The predicted molar refractivity (Wildman–Crippen MR) is 80.6 cm³/mol. The third-order valence-corrected chi connectivity index (χ3v) is 4.31. The van der Waals surface area contributed by atoms with Crippen LogP contribution in [0.5, 0.6) is 5.75 Å². The van der Waals surface area contributed by atoms with Crippen LogP contribution in [0, 0.1) is 0 Å². The van der Waals surface area contributed by atoms with Gasteiger partial charge in [0.2, 0.25) is 0 Å². The Kier molecular flexibility index (Phi) is 6.57. The van der Waals surface area contributed by atoms with Gasteiger partial charge in [-0.3, -0.25) is 4.79 Å². The van der Waals surface area contributed by atoms with Crippen LogP contribution < -0.4 is 10.1 Å². The largest absolute Gasteiger partial charge is 0.496 e. The minimum Gasteiger partial charge on any atom is -0.496 e. The Hall–Kier alpha value is -0.680. The first-order valence-corrected chi connectivity index (χ1v) is 7.81. The first-order chi connectivity index (χ1) is 8.58. The highest BCUT2D eigenvalue weighted by Crippen LogP contribution is 2.25. The number of thioether (sulfide) groups is 1. The molecule has 1 aromatic carbocycles. The minimum absolute atomic E-state index is 0.0494. The van der Waals surface area contributed by atoms with E-state index in [0.717, 1.165) is 16.6 Å². The van der Waals surface area contributed by atoms with Gasteiger partial charge in [0.1, 0.15) is 5.75 Å². The SMILES string of the molecule is COc1ccc(C(=O)NCCC(C)SC)cc1Br. The molecule has 1 N–H and O–H groups in total. The van der Waals surface area contributed by atoms with Crippen LogP contribution in [-0.2, 0) is 0 Å². The van der Waals surface area contributed by atoms with Crippen molar-refractivity contribution >= 4 is 33.6 Å². The fourth-order valence-electron chi connectivity index (χ4n) is 1.42. The monoisotopic (exact) mass is 331 g/mol. The first-order valence-electron chi connectivity index (χ1n) is 5.73. The molecular weight excluding hydrogens is 314 g/mol. The van der Waals surface area contributed by atoms with Crippen LogP contribution in [0.1, 0.15) is 23.7 Å². The van der Waals surface area contributed by atoms with Crippen molar-refractivity contribution < 1.29 is 9.53 Å². The standard InChI is InChI=1S/C13H18BrNO2S/c1-9(18-3)6-7-15-13(16)10-4-5-12(17-2)11(14)8-10/h4-5,8-9H,6-7H2,1-3H3,(H,15,16). The van der Waals surface area contributed by atoms with E-state index in [4.69, 9.17) is 4.74 Å². The number of amides is 1. The summed E-state index contributed by atoms with van der Waals surface area (Å²) < 4.78 is 5.91. The second kappa shape index (κ2) is 7.69. The highest BCUT2D eigenvalue weighted by molar-refractivity contribution is 9.10. The van der Waals surface area contributed by atoms with Crippen molar-refractivity contribution in [2.24, 2.45) is 0 Å². The van der Waals surface area contributed by atoms with Crippen LogP contribution in [0.4, 0.5) is 0 Å². The lowest BCUT2D eigenvalue weighted by Gasteiger charge is -2.10. The lowest BCUT2D eigenvalue weighted by molar-refractivity contribution is 0.0953. The van der Waals surface area contributed by atoms with Crippen molar-refractivity contribution in [2.75, 3.05) is 19.9 Å². The molecule has 1 aromatic rings. The Labute approximate surface area is 121 Å². The highest BCUT2D eigenvalue weighted by Gasteiger charge is 2.08. The maximum absolute atomic E-state index is 11.9. The molecule has 1 amide bonds. The molecule has 0 aliphatic carbocycles. The number of hydrogen-bond donors (Lipinski definition) is 1. The lowest BCUT2D eigenvalue weighted by Crippen LogP contribution is -2.26. The third kappa shape index (κ3) is 4.53. The fraction of sp³-hybridized carbons (Fsp3) is 0.462. The fourth-order valence-corrected chi connectivity index (χ4v) is 2.31. The Morgan fingerprint density at radius 2 is 2.28 bits per heavy atom. The van der Waals surface area contributed by atoms with Gasteiger partial charge in [-0.25, -0.2) is 0 Å². The normalized spacial score (nSPS) is 12.0. The van der Waals surface area contributed by atoms with Gasteiger partial charge in [-0.2, -0.15) is 11.8 Å². The number of methoxy groups -OCH3 is 1. The van der Waals surface area contributed by atoms with Crippen molar-refractivity contribution in [2.45, 2.75) is 18.6 Å². The van der Waals surface area contributed by atoms with E-state index >= 15 is 0 Å². The Morgan fingerprint density at radius 3 is 2.83 bits per heavy atom. The van der Waals surface area contributed by atoms with Gasteiger partial charge in [0.05, 0.1) is 11.6 Å². The molecule has 0 saturated heterocycles. The molecule has 100 valence electrons. The number of hydrogen-bond acceptors (Lipinski definition) is 3.